The Bertz CT molecular complexity index is 908. The molecule has 0 saturated heterocycles. The van der Waals surface area contributed by atoms with E-state index >= 15 is 0 Å². The molecule has 0 fully saturated rings. The fraction of sp³-hybridized carbons (Fsp3) is 0.176. The zero-order valence-electron chi connectivity index (χ0n) is 12.4. The average Bonchev–Trinajstić information content (AvgIpc) is 2.76. The van der Waals surface area contributed by atoms with Crippen molar-refractivity contribution in [3.05, 3.63) is 63.3 Å². The van der Waals surface area contributed by atoms with Crippen LogP contribution < -0.4 is 10.2 Å². The number of carbonyl (C=O) groups is 1. The van der Waals surface area contributed by atoms with Gasteiger partial charge >= 0.3 is 4.87 Å². The molecule has 1 amide bonds. The monoisotopic (exact) mass is 312 g/mol. The zero-order chi connectivity index (χ0) is 15.7. The Balaban J connectivity index is 1.79. The Hall–Kier alpha value is -2.40. The molecule has 0 saturated carbocycles. The first-order valence-corrected chi connectivity index (χ1v) is 7.80. The molecular weight excluding hydrogens is 296 g/mol. The van der Waals surface area contributed by atoms with Gasteiger partial charge in [-0.2, -0.15) is 0 Å². The third kappa shape index (κ3) is 2.80. The number of benzene rings is 2. The summed E-state index contributed by atoms with van der Waals surface area (Å²) in [6, 6.07) is 13.4. The van der Waals surface area contributed by atoms with Gasteiger partial charge in [-0.05, 0) is 36.2 Å². The number of rotatable bonds is 3. The molecule has 3 aromatic rings. The molecule has 0 spiro atoms. The summed E-state index contributed by atoms with van der Waals surface area (Å²) in [4.78, 5) is 23.8. The third-order valence-electron chi connectivity index (χ3n) is 3.69. The average molecular weight is 312 g/mol. The lowest BCUT2D eigenvalue weighted by Gasteiger charge is -2.07. The molecule has 0 aliphatic heterocycles. The fourth-order valence-electron chi connectivity index (χ4n) is 2.40. The number of amides is 1. The lowest BCUT2D eigenvalue weighted by Crippen LogP contribution is -2.14. The number of fused-ring (bicyclic) bond motifs is 1. The van der Waals surface area contributed by atoms with Crippen LogP contribution in [-0.2, 0) is 18.3 Å². The summed E-state index contributed by atoms with van der Waals surface area (Å²) in [5.41, 5.74) is 3.72. The van der Waals surface area contributed by atoms with Gasteiger partial charge in [-0.15, -0.1) is 0 Å². The van der Waals surface area contributed by atoms with Gasteiger partial charge in [-0.25, -0.2) is 0 Å². The Labute approximate surface area is 132 Å². The van der Waals surface area contributed by atoms with Crippen LogP contribution >= 0.6 is 11.3 Å². The molecule has 4 nitrogen and oxygen atoms in total. The minimum atomic E-state index is -0.0584. The van der Waals surface area contributed by atoms with Gasteiger partial charge in [0.05, 0.1) is 16.6 Å². The summed E-state index contributed by atoms with van der Waals surface area (Å²) in [6.45, 7) is 2.00. The smallest absolute Gasteiger partial charge is 0.307 e. The second-order valence-electron chi connectivity index (χ2n) is 5.26. The van der Waals surface area contributed by atoms with E-state index in [0.29, 0.717) is 12.1 Å². The van der Waals surface area contributed by atoms with Crippen molar-refractivity contribution in [1.29, 1.82) is 0 Å². The quantitative estimate of drug-likeness (QED) is 0.808. The topological polar surface area (TPSA) is 51.1 Å². The van der Waals surface area contributed by atoms with E-state index in [1.807, 2.05) is 49.4 Å². The van der Waals surface area contributed by atoms with E-state index in [1.165, 1.54) is 11.3 Å². The molecule has 1 aromatic heterocycles. The van der Waals surface area contributed by atoms with Crippen LogP contribution in [0.2, 0.25) is 0 Å². The molecule has 112 valence electrons. The van der Waals surface area contributed by atoms with E-state index in [1.54, 1.807) is 11.6 Å². The highest BCUT2D eigenvalue weighted by Gasteiger charge is 2.08. The van der Waals surface area contributed by atoms with Crippen molar-refractivity contribution < 1.29 is 4.79 Å². The molecule has 0 radical (unpaired) electrons. The van der Waals surface area contributed by atoms with Gasteiger partial charge in [-0.1, -0.05) is 35.6 Å². The zero-order valence-corrected chi connectivity index (χ0v) is 13.2. The van der Waals surface area contributed by atoms with Gasteiger partial charge in [0.1, 0.15) is 0 Å². The number of aryl methyl sites for hydroxylation is 2. The minimum absolute atomic E-state index is 0.00149. The molecule has 0 aliphatic carbocycles. The number of anilines is 1. The Morgan fingerprint density at radius 1 is 1.23 bits per heavy atom. The summed E-state index contributed by atoms with van der Waals surface area (Å²) in [5.74, 6) is -0.0584. The number of aromatic nitrogens is 1. The molecule has 22 heavy (non-hydrogen) atoms. The van der Waals surface area contributed by atoms with Gasteiger partial charge < -0.3 is 9.88 Å². The molecule has 0 aliphatic rings. The van der Waals surface area contributed by atoms with Gasteiger partial charge in [-0.3, -0.25) is 9.59 Å². The number of nitrogens with one attached hydrogen (secondary N) is 1. The van der Waals surface area contributed by atoms with Crippen LogP contribution in [0.25, 0.3) is 10.2 Å². The van der Waals surface area contributed by atoms with Crippen LogP contribution in [0.5, 0.6) is 0 Å². The maximum Gasteiger partial charge on any atom is 0.307 e. The number of nitrogens with zero attached hydrogens (tertiary/aromatic N) is 1. The van der Waals surface area contributed by atoms with Gasteiger partial charge in [0.25, 0.3) is 0 Å². The summed E-state index contributed by atoms with van der Waals surface area (Å²) < 4.78 is 2.49. The van der Waals surface area contributed by atoms with Gasteiger partial charge in [0, 0.05) is 12.7 Å². The largest absolute Gasteiger partial charge is 0.326 e. The summed E-state index contributed by atoms with van der Waals surface area (Å²) in [5, 5.41) is 2.89. The molecule has 3 rings (SSSR count). The Morgan fingerprint density at radius 3 is 2.77 bits per heavy atom. The number of thiazole rings is 1. The second-order valence-corrected chi connectivity index (χ2v) is 6.25. The SMILES string of the molecule is Cc1ccccc1CC(=O)Nc1ccc2c(c1)sc(=O)n2C. The number of hydrogen-bond acceptors (Lipinski definition) is 3. The molecule has 0 unspecified atom stereocenters. The van der Waals surface area contributed by atoms with Crippen molar-refractivity contribution in [3.63, 3.8) is 0 Å². The normalized spacial score (nSPS) is 10.8. The molecular formula is C17H16N2O2S. The first-order valence-electron chi connectivity index (χ1n) is 6.98. The van der Waals surface area contributed by atoms with Crippen LogP contribution in [0.4, 0.5) is 5.69 Å². The second kappa shape index (κ2) is 5.77. The van der Waals surface area contributed by atoms with Crippen LogP contribution in [0.15, 0.2) is 47.3 Å². The van der Waals surface area contributed by atoms with Crippen molar-refractivity contribution >= 4 is 33.1 Å². The van der Waals surface area contributed by atoms with Crippen molar-refractivity contribution in [2.75, 3.05) is 5.32 Å². The van der Waals surface area contributed by atoms with E-state index in [9.17, 15) is 9.59 Å². The van der Waals surface area contributed by atoms with Crippen molar-refractivity contribution in [3.8, 4) is 0 Å². The predicted octanol–water partition coefficient (Wildman–Crippen LogP) is 3.09. The fourth-order valence-corrected chi connectivity index (χ4v) is 3.32. The molecule has 5 heteroatoms. The van der Waals surface area contributed by atoms with Gasteiger partial charge in [0.15, 0.2) is 0 Å². The van der Waals surface area contributed by atoms with Gasteiger partial charge in [0.2, 0.25) is 5.91 Å². The van der Waals surface area contributed by atoms with Crippen LogP contribution in [0, 0.1) is 6.92 Å². The molecule has 1 heterocycles. The number of hydrogen-bond donors (Lipinski definition) is 1. The first kappa shape index (κ1) is 14.5. The predicted molar refractivity (Wildman–Crippen MR) is 90.6 cm³/mol. The van der Waals surface area contributed by atoms with Crippen molar-refractivity contribution in [2.45, 2.75) is 13.3 Å². The van der Waals surface area contributed by atoms with E-state index in [0.717, 1.165) is 21.3 Å². The standard InChI is InChI=1S/C17H16N2O2S/c1-11-5-3-4-6-12(11)9-16(20)18-13-7-8-14-15(10-13)22-17(21)19(14)2/h3-8,10H,9H2,1-2H3,(H,18,20). The molecule has 2 aromatic carbocycles. The summed E-state index contributed by atoms with van der Waals surface area (Å²) >= 11 is 1.18. The highest BCUT2D eigenvalue weighted by atomic mass is 32.1. The van der Waals surface area contributed by atoms with E-state index in [-0.39, 0.29) is 10.8 Å². The summed E-state index contributed by atoms with van der Waals surface area (Å²) in [6.07, 6.45) is 0.343. The highest BCUT2D eigenvalue weighted by molar-refractivity contribution is 7.16. The Morgan fingerprint density at radius 2 is 2.00 bits per heavy atom. The molecule has 0 bridgehead atoms. The van der Waals surface area contributed by atoms with Crippen LogP contribution in [-0.4, -0.2) is 10.5 Å². The van der Waals surface area contributed by atoms with E-state index in [4.69, 9.17) is 0 Å². The van der Waals surface area contributed by atoms with Crippen LogP contribution in [0.3, 0.4) is 0 Å². The maximum atomic E-state index is 12.2. The number of carbonyl (C=O) groups excluding carboxylic acids is 1. The van der Waals surface area contributed by atoms with Crippen molar-refractivity contribution in [2.24, 2.45) is 7.05 Å². The molecule has 0 atom stereocenters. The lowest BCUT2D eigenvalue weighted by molar-refractivity contribution is -0.115. The summed E-state index contributed by atoms with van der Waals surface area (Å²) in [7, 11) is 1.75. The van der Waals surface area contributed by atoms with Crippen molar-refractivity contribution in [1.82, 2.24) is 4.57 Å². The van der Waals surface area contributed by atoms with E-state index in [2.05, 4.69) is 5.32 Å². The highest BCUT2D eigenvalue weighted by Crippen LogP contribution is 2.21. The molecule has 1 N–H and O–H groups in total. The lowest BCUT2D eigenvalue weighted by atomic mass is 10.1. The maximum absolute atomic E-state index is 12.2. The van der Waals surface area contributed by atoms with E-state index < -0.39 is 0 Å². The first-order chi connectivity index (χ1) is 10.5. The Kier molecular flexibility index (Phi) is 3.81. The third-order valence-corrected chi connectivity index (χ3v) is 4.68. The van der Waals surface area contributed by atoms with Crippen LogP contribution in [0.1, 0.15) is 11.1 Å². The minimum Gasteiger partial charge on any atom is -0.326 e.